The van der Waals surface area contributed by atoms with Crippen molar-refractivity contribution in [3.05, 3.63) is 64.1 Å². The van der Waals surface area contributed by atoms with E-state index in [0.717, 1.165) is 22.4 Å². The van der Waals surface area contributed by atoms with Crippen molar-refractivity contribution in [3.8, 4) is 17.7 Å². The highest BCUT2D eigenvalue weighted by molar-refractivity contribution is 9.10. The topological polar surface area (TPSA) is 72.3 Å². The summed E-state index contributed by atoms with van der Waals surface area (Å²) in [6.07, 6.45) is 1.59. The molecule has 140 valence electrons. The van der Waals surface area contributed by atoms with Gasteiger partial charge in [0, 0.05) is 17.1 Å². The van der Waals surface area contributed by atoms with Crippen LogP contribution >= 0.6 is 15.9 Å². The number of hydrogen-bond donors (Lipinski definition) is 0. The van der Waals surface area contributed by atoms with Crippen molar-refractivity contribution in [1.82, 2.24) is 24.3 Å². The summed E-state index contributed by atoms with van der Waals surface area (Å²) in [6, 6.07) is 11.9. The Labute approximate surface area is 167 Å². The Bertz CT molecular complexity index is 1250. The standard InChI is InChI=1S/C19H13BrF2N6/c1-11-7-13(9-23)26-28(11)18-14(19(2,21)22)4-6-17(25-18)27-10-24-15-8-12(20)3-5-16(15)27/h3-8,10H,1-2H3. The molecule has 0 fully saturated rings. The van der Waals surface area contributed by atoms with E-state index in [2.05, 4.69) is 31.0 Å². The van der Waals surface area contributed by atoms with Crippen molar-refractivity contribution >= 4 is 27.0 Å². The minimum Gasteiger partial charge on any atom is -0.283 e. The molecule has 28 heavy (non-hydrogen) atoms. The van der Waals surface area contributed by atoms with Gasteiger partial charge in [0.1, 0.15) is 18.2 Å². The van der Waals surface area contributed by atoms with Gasteiger partial charge in [-0.3, -0.25) is 4.57 Å². The second-order valence-corrected chi connectivity index (χ2v) is 7.29. The monoisotopic (exact) mass is 442 g/mol. The molecule has 0 saturated heterocycles. The molecule has 0 aliphatic rings. The number of fused-ring (bicyclic) bond motifs is 1. The number of nitriles is 1. The molecule has 0 amide bonds. The highest BCUT2D eigenvalue weighted by Gasteiger charge is 2.30. The Morgan fingerprint density at radius 3 is 2.64 bits per heavy atom. The van der Waals surface area contributed by atoms with Gasteiger partial charge in [-0.1, -0.05) is 15.9 Å². The molecule has 4 aromatic rings. The van der Waals surface area contributed by atoms with E-state index in [0.29, 0.717) is 11.5 Å². The highest BCUT2D eigenvalue weighted by Crippen LogP contribution is 2.32. The minimum absolute atomic E-state index is 0.0250. The summed E-state index contributed by atoms with van der Waals surface area (Å²) >= 11 is 3.40. The predicted octanol–water partition coefficient (Wildman–Crippen LogP) is 4.66. The zero-order valence-electron chi connectivity index (χ0n) is 14.9. The summed E-state index contributed by atoms with van der Waals surface area (Å²) < 4.78 is 32.3. The molecule has 3 heterocycles. The van der Waals surface area contributed by atoms with E-state index in [9.17, 15) is 8.78 Å². The van der Waals surface area contributed by atoms with Crippen molar-refractivity contribution in [1.29, 1.82) is 5.26 Å². The molecule has 6 nitrogen and oxygen atoms in total. The van der Waals surface area contributed by atoms with Crippen molar-refractivity contribution in [3.63, 3.8) is 0 Å². The van der Waals surface area contributed by atoms with Crippen molar-refractivity contribution < 1.29 is 8.78 Å². The Kier molecular flexibility index (Phi) is 4.23. The van der Waals surface area contributed by atoms with Gasteiger partial charge in [0.05, 0.1) is 16.6 Å². The molecule has 0 unspecified atom stereocenters. The molecule has 0 aliphatic heterocycles. The number of aryl methyl sites for hydroxylation is 1. The predicted molar refractivity (Wildman–Crippen MR) is 103 cm³/mol. The second kappa shape index (κ2) is 6.49. The maximum absolute atomic E-state index is 14.2. The summed E-state index contributed by atoms with van der Waals surface area (Å²) in [7, 11) is 0. The lowest BCUT2D eigenvalue weighted by atomic mass is 10.1. The van der Waals surface area contributed by atoms with Crippen LogP contribution < -0.4 is 0 Å². The quantitative estimate of drug-likeness (QED) is 0.462. The van der Waals surface area contributed by atoms with Gasteiger partial charge in [0.15, 0.2) is 11.5 Å². The van der Waals surface area contributed by atoms with Gasteiger partial charge in [0.25, 0.3) is 5.92 Å². The lowest BCUT2D eigenvalue weighted by Gasteiger charge is -2.17. The van der Waals surface area contributed by atoms with Crippen LogP contribution in [0.25, 0.3) is 22.7 Å². The number of imidazole rings is 1. The Morgan fingerprint density at radius 1 is 1.18 bits per heavy atom. The summed E-state index contributed by atoms with van der Waals surface area (Å²) in [5.74, 6) is -2.74. The Morgan fingerprint density at radius 2 is 1.96 bits per heavy atom. The normalized spacial score (nSPS) is 11.7. The maximum atomic E-state index is 14.2. The molecule has 0 spiro atoms. The fourth-order valence-electron chi connectivity index (χ4n) is 2.99. The van der Waals surface area contributed by atoms with Gasteiger partial charge in [-0.15, -0.1) is 0 Å². The molecule has 0 bridgehead atoms. The molecular formula is C19H13BrF2N6. The van der Waals surface area contributed by atoms with Crippen LogP contribution in [-0.2, 0) is 5.92 Å². The first-order valence-corrected chi connectivity index (χ1v) is 9.06. The molecule has 0 aliphatic carbocycles. The summed E-state index contributed by atoms with van der Waals surface area (Å²) in [5, 5.41) is 13.2. The number of hydrogen-bond acceptors (Lipinski definition) is 4. The molecule has 0 N–H and O–H groups in total. The third-order valence-corrected chi connectivity index (χ3v) is 4.79. The van der Waals surface area contributed by atoms with Crippen LogP contribution in [0, 0.1) is 18.3 Å². The SMILES string of the molecule is Cc1cc(C#N)nn1-c1nc(-n2cnc3cc(Br)ccc32)ccc1C(C)(F)F. The first-order valence-electron chi connectivity index (χ1n) is 8.27. The molecule has 0 saturated carbocycles. The van der Waals surface area contributed by atoms with E-state index in [-0.39, 0.29) is 17.1 Å². The summed E-state index contributed by atoms with van der Waals surface area (Å²) in [5.41, 5.74) is 1.91. The first-order chi connectivity index (χ1) is 13.3. The lowest BCUT2D eigenvalue weighted by molar-refractivity contribution is 0.0170. The fraction of sp³-hybridized carbons (Fsp3) is 0.158. The van der Waals surface area contributed by atoms with E-state index < -0.39 is 5.92 Å². The first kappa shape index (κ1) is 18.3. The summed E-state index contributed by atoms with van der Waals surface area (Å²) in [4.78, 5) is 8.80. The van der Waals surface area contributed by atoms with Crippen LogP contribution in [0.3, 0.4) is 0 Å². The smallest absolute Gasteiger partial charge is 0.274 e. The van der Waals surface area contributed by atoms with E-state index >= 15 is 0 Å². The van der Waals surface area contributed by atoms with Crippen molar-refractivity contribution in [2.24, 2.45) is 0 Å². The molecular weight excluding hydrogens is 430 g/mol. The van der Waals surface area contributed by atoms with Gasteiger partial charge in [-0.25, -0.2) is 23.4 Å². The van der Waals surface area contributed by atoms with E-state index in [4.69, 9.17) is 5.26 Å². The fourth-order valence-corrected chi connectivity index (χ4v) is 3.34. The number of alkyl halides is 2. The van der Waals surface area contributed by atoms with E-state index in [1.54, 1.807) is 17.8 Å². The molecule has 9 heteroatoms. The number of halogens is 3. The Hall–Kier alpha value is -3.12. The van der Waals surface area contributed by atoms with Crippen LogP contribution in [0.5, 0.6) is 0 Å². The van der Waals surface area contributed by atoms with Crippen LogP contribution in [0.1, 0.15) is 23.9 Å². The van der Waals surface area contributed by atoms with Crippen LogP contribution in [0.4, 0.5) is 8.78 Å². The zero-order valence-corrected chi connectivity index (χ0v) is 16.4. The van der Waals surface area contributed by atoms with Crippen molar-refractivity contribution in [2.75, 3.05) is 0 Å². The second-order valence-electron chi connectivity index (χ2n) is 6.37. The number of benzene rings is 1. The number of aromatic nitrogens is 5. The lowest BCUT2D eigenvalue weighted by Crippen LogP contribution is -2.16. The third-order valence-electron chi connectivity index (χ3n) is 4.29. The molecule has 1 aromatic carbocycles. The Balaban J connectivity index is 1.96. The minimum atomic E-state index is -3.13. The number of rotatable bonds is 3. The third kappa shape index (κ3) is 3.05. The molecule has 0 atom stereocenters. The van der Waals surface area contributed by atoms with Gasteiger partial charge in [-0.2, -0.15) is 10.4 Å². The van der Waals surface area contributed by atoms with Crippen LogP contribution in [-0.4, -0.2) is 24.3 Å². The summed E-state index contributed by atoms with van der Waals surface area (Å²) in [6.45, 7) is 2.49. The maximum Gasteiger partial charge on any atom is 0.274 e. The largest absolute Gasteiger partial charge is 0.283 e. The molecule has 3 aromatic heterocycles. The van der Waals surface area contributed by atoms with E-state index in [1.807, 2.05) is 24.3 Å². The van der Waals surface area contributed by atoms with E-state index in [1.165, 1.54) is 22.9 Å². The van der Waals surface area contributed by atoms with Crippen LogP contribution in [0.2, 0.25) is 0 Å². The molecule has 4 rings (SSSR count). The van der Waals surface area contributed by atoms with Gasteiger partial charge < -0.3 is 0 Å². The number of pyridine rings is 1. The average molecular weight is 443 g/mol. The van der Waals surface area contributed by atoms with Gasteiger partial charge in [0.2, 0.25) is 0 Å². The molecule has 0 radical (unpaired) electrons. The van der Waals surface area contributed by atoms with Gasteiger partial charge >= 0.3 is 0 Å². The van der Waals surface area contributed by atoms with Gasteiger partial charge in [-0.05, 0) is 43.3 Å². The zero-order chi connectivity index (χ0) is 20.1. The average Bonchev–Trinajstić information content (AvgIpc) is 3.23. The van der Waals surface area contributed by atoms with Crippen LogP contribution in [0.15, 0.2) is 47.2 Å². The van der Waals surface area contributed by atoms with Crippen molar-refractivity contribution in [2.45, 2.75) is 19.8 Å². The highest BCUT2D eigenvalue weighted by atomic mass is 79.9. The number of nitrogens with zero attached hydrogens (tertiary/aromatic N) is 6.